The second-order valence-electron chi connectivity index (χ2n) is 6.24. The summed E-state index contributed by atoms with van der Waals surface area (Å²) in [4.78, 5) is 24.4. The van der Waals surface area contributed by atoms with Gasteiger partial charge >= 0.3 is 0 Å². The summed E-state index contributed by atoms with van der Waals surface area (Å²) in [6, 6.07) is 12.0. The summed E-state index contributed by atoms with van der Waals surface area (Å²) >= 11 is 13.0. The highest BCUT2D eigenvalue weighted by Crippen LogP contribution is 2.35. The molecule has 1 fully saturated rings. The van der Waals surface area contributed by atoms with Gasteiger partial charge in [-0.15, -0.1) is 0 Å². The predicted molar refractivity (Wildman–Crippen MR) is 122 cm³/mol. The normalized spacial score (nSPS) is 15.8. The van der Waals surface area contributed by atoms with Gasteiger partial charge in [0.15, 0.2) is 16.7 Å². The number of hydrogen-bond donors (Lipinski definition) is 1. The molecule has 1 N–H and O–H groups in total. The van der Waals surface area contributed by atoms with Crippen molar-refractivity contribution in [3.63, 3.8) is 0 Å². The van der Waals surface area contributed by atoms with Gasteiger partial charge in [0, 0.05) is 0 Å². The smallest absolute Gasteiger partial charge is 0.264 e. The number of amides is 1. The van der Waals surface area contributed by atoms with E-state index in [1.54, 1.807) is 48.5 Å². The summed E-state index contributed by atoms with van der Waals surface area (Å²) in [5.41, 5.74) is 1.21. The van der Waals surface area contributed by atoms with E-state index in [9.17, 15) is 9.18 Å². The molecule has 11 heteroatoms. The monoisotopic (exact) mass is 490 g/mol. The van der Waals surface area contributed by atoms with Gasteiger partial charge < -0.3 is 14.8 Å². The summed E-state index contributed by atoms with van der Waals surface area (Å²) in [5, 5.41) is 3.45. The van der Waals surface area contributed by atoms with Crippen molar-refractivity contribution in [1.82, 2.24) is 15.3 Å². The number of amidine groups is 1. The highest BCUT2D eigenvalue weighted by molar-refractivity contribution is 8.18. The molecule has 1 aromatic heterocycles. The zero-order valence-corrected chi connectivity index (χ0v) is 18.6. The first kappa shape index (κ1) is 22.1. The molecule has 1 aliphatic rings. The summed E-state index contributed by atoms with van der Waals surface area (Å²) < 4.78 is 24.7. The maximum atomic E-state index is 13.9. The summed E-state index contributed by atoms with van der Waals surface area (Å²) in [6.45, 7) is 0. The van der Waals surface area contributed by atoms with Crippen LogP contribution in [0.25, 0.3) is 6.08 Å². The van der Waals surface area contributed by atoms with Gasteiger partial charge in [-0.3, -0.25) is 4.79 Å². The molecule has 1 amide bonds. The first-order valence-corrected chi connectivity index (χ1v) is 10.6. The first-order valence-electron chi connectivity index (χ1n) is 9.01. The number of rotatable bonds is 5. The van der Waals surface area contributed by atoms with Gasteiger partial charge in [0.05, 0.1) is 28.9 Å². The van der Waals surface area contributed by atoms with Crippen LogP contribution in [0.5, 0.6) is 17.4 Å². The van der Waals surface area contributed by atoms with Crippen LogP contribution < -0.4 is 14.8 Å². The van der Waals surface area contributed by atoms with E-state index in [2.05, 4.69) is 20.3 Å². The number of para-hydroxylation sites is 1. The summed E-state index contributed by atoms with van der Waals surface area (Å²) in [5.74, 6) is -0.875. The van der Waals surface area contributed by atoms with Crippen LogP contribution in [0.2, 0.25) is 10.3 Å². The Morgan fingerprint density at radius 2 is 2.00 bits per heavy atom. The van der Waals surface area contributed by atoms with Gasteiger partial charge in [-0.2, -0.15) is 9.37 Å². The maximum absolute atomic E-state index is 13.9. The largest absolute Gasteiger partial charge is 0.493 e. The average Bonchev–Trinajstić information content (AvgIpc) is 3.12. The summed E-state index contributed by atoms with van der Waals surface area (Å²) in [7, 11) is 1.44. The van der Waals surface area contributed by atoms with Crippen molar-refractivity contribution in [2.24, 2.45) is 4.99 Å². The Hall–Kier alpha value is -3.14. The maximum Gasteiger partial charge on any atom is 0.264 e. The van der Waals surface area contributed by atoms with E-state index in [0.717, 1.165) is 6.20 Å². The third kappa shape index (κ3) is 5.01. The molecule has 0 unspecified atom stereocenters. The van der Waals surface area contributed by atoms with Gasteiger partial charge in [-0.1, -0.05) is 29.8 Å². The number of hydrogen-bond acceptors (Lipinski definition) is 7. The molecule has 0 saturated carbocycles. The molecule has 0 bridgehead atoms. The molecular weight excluding hydrogens is 478 g/mol. The second-order valence-corrected chi connectivity index (χ2v) is 8.01. The minimum Gasteiger partial charge on any atom is -0.493 e. The molecule has 0 spiro atoms. The lowest BCUT2D eigenvalue weighted by atomic mass is 10.2. The van der Waals surface area contributed by atoms with Gasteiger partial charge in [0.25, 0.3) is 11.8 Å². The van der Waals surface area contributed by atoms with Gasteiger partial charge in [-0.05, 0) is 59.3 Å². The second kappa shape index (κ2) is 9.56. The van der Waals surface area contributed by atoms with Crippen LogP contribution >= 0.6 is 35.0 Å². The Morgan fingerprint density at radius 1 is 1.19 bits per heavy atom. The van der Waals surface area contributed by atoms with Crippen LogP contribution in [0.1, 0.15) is 5.56 Å². The van der Waals surface area contributed by atoms with E-state index in [1.807, 2.05) is 0 Å². The van der Waals surface area contributed by atoms with Gasteiger partial charge in [0.2, 0.25) is 11.1 Å². The number of methoxy groups -OCH3 is 1. The Labute approximate surface area is 196 Å². The quantitative estimate of drug-likeness (QED) is 0.369. The molecular formula is C21H13Cl2FN4O3S. The number of nitrogens with zero attached hydrogens (tertiary/aromatic N) is 3. The van der Waals surface area contributed by atoms with Crippen molar-refractivity contribution < 1.29 is 18.7 Å². The molecule has 0 atom stereocenters. The molecule has 2 heterocycles. The third-order valence-electron chi connectivity index (χ3n) is 4.10. The number of aliphatic imine (C=N–C) groups is 1. The number of aromatic nitrogens is 2. The number of halogens is 3. The minimum absolute atomic E-state index is 0.153. The third-order valence-corrected chi connectivity index (χ3v) is 5.51. The Bertz CT molecular complexity index is 1270. The zero-order valence-electron chi connectivity index (χ0n) is 16.3. The Balaban J connectivity index is 1.57. The molecule has 2 aromatic carbocycles. The topological polar surface area (TPSA) is 85.7 Å². The Kier molecular flexibility index (Phi) is 6.59. The van der Waals surface area contributed by atoms with E-state index >= 15 is 0 Å². The van der Waals surface area contributed by atoms with E-state index in [4.69, 9.17) is 32.7 Å². The predicted octanol–water partition coefficient (Wildman–Crippen LogP) is 5.62. The van der Waals surface area contributed by atoms with Crippen molar-refractivity contribution in [3.05, 3.63) is 75.3 Å². The zero-order chi connectivity index (χ0) is 22.7. The van der Waals surface area contributed by atoms with Gasteiger partial charge in [0.1, 0.15) is 0 Å². The van der Waals surface area contributed by atoms with E-state index in [1.165, 1.54) is 18.9 Å². The fraction of sp³-hybridized carbons (Fsp3) is 0.0476. The Morgan fingerprint density at radius 3 is 2.78 bits per heavy atom. The van der Waals surface area contributed by atoms with E-state index in [0.29, 0.717) is 32.1 Å². The van der Waals surface area contributed by atoms with Crippen LogP contribution in [0.3, 0.4) is 0 Å². The lowest BCUT2D eigenvalue weighted by molar-refractivity contribution is -0.115. The SMILES string of the molecule is COc1cc(/C=C2/SC(=Nc3ccccc3Cl)NC2=O)ccc1Oc1nc(Cl)ncc1F. The molecule has 7 nitrogen and oxygen atoms in total. The first-order chi connectivity index (χ1) is 15.4. The standard InChI is InChI=1S/C21H13Cl2FN4O3S/c1-30-16-8-11(6-7-15(16)31-19-13(24)10-25-20(23)28-19)9-17-18(29)27-21(32-17)26-14-5-3-2-4-12(14)22/h2-10H,1H3,(H,26,27,29)/b17-9+. The van der Waals surface area contributed by atoms with Crippen molar-refractivity contribution in [3.8, 4) is 17.4 Å². The number of thioether (sulfide) groups is 1. The minimum atomic E-state index is -0.771. The number of carbonyl (C=O) groups excluding carboxylic acids is 1. The summed E-state index contributed by atoms with van der Waals surface area (Å²) in [6.07, 6.45) is 2.58. The average molecular weight is 491 g/mol. The fourth-order valence-electron chi connectivity index (χ4n) is 2.65. The highest BCUT2D eigenvalue weighted by atomic mass is 35.5. The van der Waals surface area contributed by atoms with Crippen LogP contribution in [0, 0.1) is 5.82 Å². The highest BCUT2D eigenvalue weighted by Gasteiger charge is 2.24. The molecule has 162 valence electrons. The molecule has 0 radical (unpaired) electrons. The molecule has 1 saturated heterocycles. The molecule has 4 rings (SSSR count). The number of nitrogens with one attached hydrogen (secondary N) is 1. The van der Waals surface area contributed by atoms with Crippen molar-refractivity contribution in [1.29, 1.82) is 0 Å². The van der Waals surface area contributed by atoms with Crippen LogP contribution in [0.4, 0.5) is 10.1 Å². The number of carbonyl (C=O) groups is 1. The van der Waals surface area contributed by atoms with Crippen molar-refractivity contribution in [2.75, 3.05) is 7.11 Å². The molecule has 3 aromatic rings. The molecule has 0 aliphatic carbocycles. The number of ether oxygens (including phenoxy) is 2. The van der Waals surface area contributed by atoms with Crippen LogP contribution in [0.15, 0.2) is 58.6 Å². The van der Waals surface area contributed by atoms with E-state index < -0.39 is 5.82 Å². The molecule has 1 aliphatic heterocycles. The van der Waals surface area contributed by atoms with Crippen LogP contribution in [-0.2, 0) is 4.79 Å². The lowest BCUT2D eigenvalue weighted by Crippen LogP contribution is -2.19. The van der Waals surface area contributed by atoms with Crippen LogP contribution in [-0.4, -0.2) is 28.2 Å². The number of benzene rings is 2. The fourth-order valence-corrected chi connectivity index (χ4v) is 3.79. The lowest BCUT2D eigenvalue weighted by Gasteiger charge is -2.11. The van der Waals surface area contributed by atoms with Crippen molar-refractivity contribution >= 4 is 57.8 Å². The molecule has 32 heavy (non-hydrogen) atoms. The van der Waals surface area contributed by atoms with E-state index in [-0.39, 0.29) is 22.8 Å². The van der Waals surface area contributed by atoms with Crippen molar-refractivity contribution in [2.45, 2.75) is 0 Å². The van der Waals surface area contributed by atoms with Gasteiger partial charge in [-0.25, -0.2) is 9.98 Å².